The first kappa shape index (κ1) is 15.3. The molecule has 2 heteroatoms. The van der Waals surface area contributed by atoms with Crippen LogP contribution in [0.25, 0.3) is 0 Å². The highest BCUT2D eigenvalue weighted by Gasteiger charge is 2.13. The molecule has 20 heavy (non-hydrogen) atoms. The maximum atomic E-state index is 3.65. The molecule has 1 unspecified atom stereocenters. The number of hydrogen-bond donors (Lipinski definition) is 1. The van der Waals surface area contributed by atoms with E-state index in [0.29, 0.717) is 6.04 Å². The van der Waals surface area contributed by atoms with Crippen LogP contribution in [0, 0.1) is 13.8 Å². The third kappa shape index (κ3) is 3.71. The normalized spacial score (nSPS) is 12.4. The summed E-state index contributed by atoms with van der Waals surface area (Å²) in [4.78, 5) is 0. The molecule has 0 amide bonds. The van der Waals surface area contributed by atoms with Crippen LogP contribution in [-0.4, -0.2) is 6.54 Å². The van der Waals surface area contributed by atoms with Gasteiger partial charge in [0.2, 0.25) is 0 Å². The zero-order valence-corrected chi connectivity index (χ0v) is 14.0. The van der Waals surface area contributed by atoms with E-state index in [-0.39, 0.29) is 0 Å². The molecule has 0 saturated carbocycles. The fourth-order valence-electron chi connectivity index (χ4n) is 2.42. The Bertz CT molecular complexity index is 577. The maximum Gasteiger partial charge on any atom is 0.0361 e. The summed E-state index contributed by atoms with van der Waals surface area (Å²) in [7, 11) is 0. The summed E-state index contributed by atoms with van der Waals surface area (Å²) in [5.41, 5.74) is 5.42. The highest BCUT2D eigenvalue weighted by molar-refractivity contribution is 9.10. The minimum Gasteiger partial charge on any atom is -0.310 e. The zero-order chi connectivity index (χ0) is 14.5. The van der Waals surface area contributed by atoms with Gasteiger partial charge in [0.1, 0.15) is 0 Å². The molecule has 0 aliphatic rings. The van der Waals surface area contributed by atoms with Crippen LogP contribution in [0.3, 0.4) is 0 Å². The van der Waals surface area contributed by atoms with E-state index in [0.717, 1.165) is 13.0 Å². The molecule has 0 spiro atoms. The number of rotatable bonds is 5. The van der Waals surface area contributed by atoms with Crippen LogP contribution in [0.15, 0.2) is 46.9 Å². The Hall–Kier alpha value is -1.12. The molecule has 0 aliphatic carbocycles. The predicted octanol–water partition coefficient (Wildman–Crippen LogP) is 4.96. The Morgan fingerprint density at radius 3 is 2.45 bits per heavy atom. The van der Waals surface area contributed by atoms with E-state index in [9.17, 15) is 0 Å². The van der Waals surface area contributed by atoms with Gasteiger partial charge in [0.05, 0.1) is 0 Å². The molecule has 0 bridgehead atoms. The van der Waals surface area contributed by atoms with Crippen molar-refractivity contribution in [3.05, 3.63) is 69.2 Å². The van der Waals surface area contributed by atoms with Crippen LogP contribution in [0.4, 0.5) is 0 Å². The van der Waals surface area contributed by atoms with Gasteiger partial charge in [0.25, 0.3) is 0 Å². The number of halogens is 1. The maximum absolute atomic E-state index is 3.65. The lowest BCUT2D eigenvalue weighted by molar-refractivity contribution is 0.548. The van der Waals surface area contributed by atoms with Gasteiger partial charge in [-0.05, 0) is 55.1 Å². The van der Waals surface area contributed by atoms with Crippen molar-refractivity contribution in [3.8, 4) is 0 Å². The summed E-state index contributed by atoms with van der Waals surface area (Å²) >= 11 is 3.65. The molecular formula is C18H22BrN. The van der Waals surface area contributed by atoms with Gasteiger partial charge in [-0.25, -0.2) is 0 Å². The van der Waals surface area contributed by atoms with Gasteiger partial charge in [0.15, 0.2) is 0 Å². The van der Waals surface area contributed by atoms with E-state index >= 15 is 0 Å². The Morgan fingerprint density at radius 2 is 1.80 bits per heavy atom. The molecule has 0 aliphatic heterocycles. The minimum atomic E-state index is 0.359. The molecule has 0 saturated heterocycles. The van der Waals surface area contributed by atoms with Crippen LogP contribution in [0.2, 0.25) is 0 Å². The lowest BCUT2D eigenvalue weighted by Crippen LogP contribution is -2.23. The summed E-state index contributed by atoms with van der Waals surface area (Å²) in [6.45, 7) is 7.48. The van der Waals surface area contributed by atoms with Crippen molar-refractivity contribution >= 4 is 15.9 Å². The largest absolute Gasteiger partial charge is 0.310 e. The van der Waals surface area contributed by atoms with Gasteiger partial charge in [-0.1, -0.05) is 59.3 Å². The first-order valence-electron chi connectivity index (χ1n) is 7.15. The second kappa shape index (κ2) is 7.05. The van der Waals surface area contributed by atoms with Gasteiger partial charge < -0.3 is 5.32 Å². The lowest BCUT2D eigenvalue weighted by Gasteiger charge is -2.20. The van der Waals surface area contributed by atoms with Crippen LogP contribution in [-0.2, 0) is 6.42 Å². The molecular weight excluding hydrogens is 310 g/mol. The van der Waals surface area contributed by atoms with E-state index in [4.69, 9.17) is 0 Å². The van der Waals surface area contributed by atoms with Crippen molar-refractivity contribution in [1.29, 1.82) is 0 Å². The van der Waals surface area contributed by atoms with E-state index in [1.807, 2.05) is 0 Å². The minimum absolute atomic E-state index is 0.359. The van der Waals surface area contributed by atoms with E-state index in [2.05, 4.69) is 84.5 Å². The van der Waals surface area contributed by atoms with Crippen molar-refractivity contribution in [1.82, 2.24) is 5.32 Å². The van der Waals surface area contributed by atoms with Gasteiger partial charge >= 0.3 is 0 Å². The molecule has 1 atom stereocenters. The number of nitrogens with one attached hydrogen (secondary N) is 1. The molecule has 1 nitrogen and oxygen atoms in total. The summed E-state index contributed by atoms with van der Waals surface area (Å²) in [6, 6.07) is 15.6. The summed E-state index contributed by atoms with van der Waals surface area (Å²) in [5.74, 6) is 0. The highest BCUT2D eigenvalue weighted by atomic mass is 79.9. The SMILES string of the molecule is CCNC(Cc1ccccc1Br)c1ccc(C)c(C)c1. The fraction of sp³-hybridized carbons (Fsp3) is 0.333. The molecule has 1 N–H and O–H groups in total. The summed E-state index contributed by atoms with van der Waals surface area (Å²) in [5, 5.41) is 3.60. The predicted molar refractivity (Wildman–Crippen MR) is 90.2 cm³/mol. The molecule has 106 valence electrons. The molecule has 0 fully saturated rings. The molecule has 2 aromatic rings. The van der Waals surface area contributed by atoms with E-state index < -0.39 is 0 Å². The van der Waals surface area contributed by atoms with Crippen molar-refractivity contribution in [3.63, 3.8) is 0 Å². The summed E-state index contributed by atoms with van der Waals surface area (Å²) in [6.07, 6.45) is 0.998. The molecule has 2 rings (SSSR count). The average Bonchev–Trinajstić information content (AvgIpc) is 2.44. The van der Waals surface area contributed by atoms with Crippen LogP contribution in [0.5, 0.6) is 0 Å². The van der Waals surface area contributed by atoms with Gasteiger partial charge in [-0.2, -0.15) is 0 Å². The number of aryl methyl sites for hydroxylation is 2. The topological polar surface area (TPSA) is 12.0 Å². The Morgan fingerprint density at radius 1 is 1.05 bits per heavy atom. The number of likely N-dealkylation sites (N-methyl/N-ethyl adjacent to an activating group) is 1. The van der Waals surface area contributed by atoms with E-state index in [1.54, 1.807) is 0 Å². The van der Waals surface area contributed by atoms with E-state index in [1.165, 1.54) is 26.7 Å². The van der Waals surface area contributed by atoms with Crippen molar-refractivity contribution in [2.24, 2.45) is 0 Å². The van der Waals surface area contributed by atoms with Gasteiger partial charge in [-0.15, -0.1) is 0 Å². The second-order valence-electron chi connectivity index (χ2n) is 5.25. The average molecular weight is 332 g/mol. The second-order valence-corrected chi connectivity index (χ2v) is 6.10. The van der Waals surface area contributed by atoms with Crippen molar-refractivity contribution < 1.29 is 0 Å². The monoisotopic (exact) mass is 331 g/mol. The first-order chi connectivity index (χ1) is 9.61. The van der Waals surface area contributed by atoms with Crippen molar-refractivity contribution in [2.75, 3.05) is 6.54 Å². The lowest BCUT2D eigenvalue weighted by atomic mass is 9.96. The number of benzene rings is 2. The first-order valence-corrected chi connectivity index (χ1v) is 7.95. The highest BCUT2D eigenvalue weighted by Crippen LogP contribution is 2.25. The fourth-order valence-corrected chi connectivity index (χ4v) is 2.87. The van der Waals surface area contributed by atoms with Gasteiger partial charge in [-0.3, -0.25) is 0 Å². The molecule has 0 heterocycles. The Kier molecular flexibility index (Phi) is 5.38. The smallest absolute Gasteiger partial charge is 0.0361 e. The quantitative estimate of drug-likeness (QED) is 0.816. The number of hydrogen-bond acceptors (Lipinski definition) is 1. The molecule has 2 aromatic carbocycles. The van der Waals surface area contributed by atoms with Crippen LogP contribution >= 0.6 is 15.9 Å². The van der Waals surface area contributed by atoms with Gasteiger partial charge in [0, 0.05) is 10.5 Å². The standard InChI is InChI=1S/C18H22BrN/c1-4-20-18(12-15-7-5-6-8-17(15)19)16-10-9-13(2)14(3)11-16/h5-11,18,20H,4,12H2,1-3H3. The zero-order valence-electron chi connectivity index (χ0n) is 12.4. The third-order valence-electron chi connectivity index (χ3n) is 3.77. The molecule has 0 aromatic heterocycles. The molecule has 0 radical (unpaired) electrons. The Balaban J connectivity index is 2.27. The third-order valence-corrected chi connectivity index (χ3v) is 4.54. The van der Waals surface area contributed by atoms with Crippen molar-refractivity contribution in [2.45, 2.75) is 33.2 Å². The van der Waals surface area contributed by atoms with Crippen LogP contribution in [0.1, 0.15) is 35.2 Å². The Labute approximate surface area is 130 Å². The van der Waals surface area contributed by atoms with Crippen LogP contribution < -0.4 is 5.32 Å². The summed E-state index contributed by atoms with van der Waals surface area (Å²) < 4.78 is 1.19.